The molecule has 0 unspecified atom stereocenters. The first kappa shape index (κ1) is 15.2. The molecule has 23 heavy (non-hydrogen) atoms. The summed E-state index contributed by atoms with van der Waals surface area (Å²) >= 11 is 0. The number of carbonyl (C=O) groups is 1. The first-order valence-corrected chi connectivity index (χ1v) is 7.72. The summed E-state index contributed by atoms with van der Waals surface area (Å²) in [7, 11) is 1.82. The number of pyridine rings is 2. The lowest BCUT2D eigenvalue weighted by Crippen LogP contribution is -2.31. The quantitative estimate of drug-likeness (QED) is 0.743. The number of hydrogen-bond donors (Lipinski definition) is 0. The number of rotatable bonds is 4. The largest absolute Gasteiger partial charge is 0.333 e. The van der Waals surface area contributed by atoms with E-state index in [4.69, 9.17) is 0 Å². The predicted molar refractivity (Wildman–Crippen MR) is 89.3 cm³/mol. The number of imidazole rings is 1. The lowest BCUT2D eigenvalue weighted by Gasteiger charge is -2.26. The molecule has 1 atom stereocenters. The molecule has 1 amide bonds. The van der Waals surface area contributed by atoms with Crippen molar-refractivity contribution in [1.82, 2.24) is 19.3 Å². The van der Waals surface area contributed by atoms with Crippen LogP contribution in [0.1, 0.15) is 41.0 Å². The zero-order valence-corrected chi connectivity index (χ0v) is 13.6. The molecule has 3 rings (SSSR count). The fraction of sp³-hybridized carbons (Fsp3) is 0.278. The van der Waals surface area contributed by atoms with Gasteiger partial charge < -0.3 is 9.30 Å². The normalized spacial score (nSPS) is 12.3. The Morgan fingerprint density at radius 2 is 2.13 bits per heavy atom. The molecule has 118 valence electrons. The molecule has 0 radical (unpaired) electrons. The van der Waals surface area contributed by atoms with Gasteiger partial charge in [0.2, 0.25) is 0 Å². The van der Waals surface area contributed by atoms with Crippen molar-refractivity contribution >= 4 is 11.6 Å². The maximum Gasteiger partial charge on any atom is 0.274 e. The van der Waals surface area contributed by atoms with Crippen LogP contribution >= 0.6 is 0 Å². The summed E-state index contributed by atoms with van der Waals surface area (Å²) in [5, 5.41) is 0. The second-order valence-corrected chi connectivity index (χ2v) is 5.72. The highest BCUT2D eigenvalue weighted by atomic mass is 16.2. The number of hydrogen-bond acceptors (Lipinski definition) is 3. The Labute approximate surface area is 135 Å². The number of aryl methyl sites for hydroxylation is 1. The number of carbonyl (C=O) groups excluding carboxylic acids is 1. The van der Waals surface area contributed by atoms with E-state index >= 15 is 0 Å². The van der Waals surface area contributed by atoms with Crippen LogP contribution in [-0.2, 0) is 0 Å². The van der Waals surface area contributed by atoms with Crippen molar-refractivity contribution in [3.05, 3.63) is 65.9 Å². The third-order valence-corrected chi connectivity index (χ3v) is 4.06. The Morgan fingerprint density at radius 1 is 1.30 bits per heavy atom. The van der Waals surface area contributed by atoms with Gasteiger partial charge in [-0.1, -0.05) is 19.1 Å². The van der Waals surface area contributed by atoms with Crippen LogP contribution in [0.5, 0.6) is 0 Å². The monoisotopic (exact) mass is 308 g/mol. The molecule has 0 spiro atoms. The Kier molecular flexibility index (Phi) is 4.10. The molecule has 5 nitrogen and oxygen atoms in total. The number of nitrogens with zero attached hydrogens (tertiary/aromatic N) is 4. The van der Waals surface area contributed by atoms with Crippen molar-refractivity contribution < 1.29 is 4.79 Å². The van der Waals surface area contributed by atoms with Crippen LogP contribution in [0.15, 0.2) is 49.1 Å². The predicted octanol–water partition coefficient (Wildman–Crippen LogP) is 3.26. The molecular formula is C18H20N4O. The van der Waals surface area contributed by atoms with E-state index in [9.17, 15) is 4.79 Å². The van der Waals surface area contributed by atoms with Gasteiger partial charge in [-0.15, -0.1) is 0 Å². The topological polar surface area (TPSA) is 50.5 Å². The summed E-state index contributed by atoms with van der Waals surface area (Å²) in [6.45, 7) is 4.08. The third-order valence-electron chi connectivity index (χ3n) is 4.06. The fourth-order valence-corrected chi connectivity index (χ4v) is 2.83. The van der Waals surface area contributed by atoms with E-state index in [1.165, 1.54) is 0 Å². The van der Waals surface area contributed by atoms with E-state index in [-0.39, 0.29) is 11.9 Å². The molecule has 0 aliphatic carbocycles. The van der Waals surface area contributed by atoms with Gasteiger partial charge in [0.25, 0.3) is 5.91 Å². The first-order chi connectivity index (χ1) is 11.1. The van der Waals surface area contributed by atoms with Crippen molar-refractivity contribution in [3.8, 4) is 0 Å². The molecule has 0 N–H and O–H groups in total. The SMILES string of the molecule is CC[C@H](c1cccnc1)N(C)C(=O)c1cn2cc(C)ccc2n1. The van der Waals surface area contributed by atoms with Crippen molar-refractivity contribution in [1.29, 1.82) is 0 Å². The van der Waals surface area contributed by atoms with Gasteiger partial charge in [-0.2, -0.15) is 0 Å². The second-order valence-electron chi connectivity index (χ2n) is 5.72. The molecule has 0 aliphatic rings. The summed E-state index contributed by atoms with van der Waals surface area (Å²) in [5.74, 6) is -0.0814. The molecule has 3 heterocycles. The van der Waals surface area contributed by atoms with Gasteiger partial charge in [0.15, 0.2) is 0 Å². The highest BCUT2D eigenvalue weighted by Crippen LogP contribution is 2.23. The van der Waals surface area contributed by atoms with Crippen molar-refractivity contribution in [2.75, 3.05) is 7.05 Å². The van der Waals surface area contributed by atoms with Gasteiger partial charge in [0, 0.05) is 31.8 Å². The van der Waals surface area contributed by atoms with Gasteiger partial charge in [0.1, 0.15) is 11.3 Å². The molecule has 0 saturated heterocycles. The molecular weight excluding hydrogens is 288 g/mol. The van der Waals surface area contributed by atoms with E-state index in [2.05, 4.69) is 16.9 Å². The van der Waals surface area contributed by atoms with E-state index in [1.807, 2.05) is 55.0 Å². The maximum absolute atomic E-state index is 12.8. The fourth-order valence-electron chi connectivity index (χ4n) is 2.83. The van der Waals surface area contributed by atoms with Crippen LogP contribution in [-0.4, -0.2) is 32.2 Å². The molecule has 0 bridgehead atoms. The highest BCUT2D eigenvalue weighted by Gasteiger charge is 2.23. The Balaban J connectivity index is 1.90. The van der Waals surface area contributed by atoms with Gasteiger partial charge in [0.05, 0.1) is 6.04 Å². The smallest absolute Gasteiger partial charge is 0.274 e. The van der Waals surface area contributed by atoms with Crippen LogP contribution in [0, 0.1) is 6.92 Å². The third kappa shape index (κ3) is 2.95. The summed E-state index contributed by atoms with van der Waals surface area (Å²) in [6, 6.07) is 7.79. The molecule has 5 heteroatoms. The minimum atomic E-state index is -0.0814. The molecule has 0 aromatic carbocycles. The molecule has 3 aromatic heterocycles. The standard InChI is InChI=1S/C18H20N4O/c1-4-16(14-6-5-9-19-10-14)21(3)18(23)15-12-22-11-13(2)7-8-17(22)20-15/h5-12,16H,4H2,1-3H3/t16-/m1/s1. The molecule has 3 aromatic rings. The lowest BCUT2D eigenvalue weighted by molar-refractivity contribution is 0.0720. The van der Waals surface area contributed by atoms with Crippen LogP contribution in [0.4, 0.5) is 0 Å². The lowest BCUT2D eigenvalue weighted by atomic mass is 10.1. The van der Waals surface area contributed by atoms with Crippen LogP contribution in [0.25, 0.3) is 5.65 Å². The Morgan fingerprint density at radius 3 is 2.83 bits per heavy atom. The minimum absolute atomic E-state index is 0.0113. The molecule has 0 aliphatic heterocycles. The average molecular weight is 308 g/mol. The van der Waals surface area contributed by atoms with E-state index in [0.29, 0.717) is 5.69 Å². The maximum atomic E-state index is 12.8. The van der Waals surface area contributed by atoms with Crippen molar-refractivity contribution in [3.63, 3.8) is 0 Å². The van der Waals surface area contributed by atoms with E-state index < -0.39 is 0 Å². The number of aromatic nitrogens is 3. The molecule has 0 saturated carbocycles. The van der Waals surface area contributed by atoms with Gasteiger partial charge in [-0.25, -0.2) is 4.98 Å². The van der Waals surface area contributed by atoms with Gasteiger partial charge in [-0.3, -0.25) is 9.78 Å². The van der Waals surface area contributed by atoms with Crippen LogP contribution in [0.3, 0.4) is 0 Å². The Hall–Kier alpha value is -2.69. The van der Waals surface area contributed by atoms with Crippen molar-refractivity contribution in [2.24, 2.45) is 0 Å². The summed E-state index contributed by atoms with van der Waals surface area (Å²) < 4.78 is 1.89. The van der Waals surface area contributed by atoms with Crippen LogP contribution in [0.2, 0.25) is 0 Å². The number of amides is 1. The van der Waals surface area contributed by atoms with Gasteiger partial charge in [-0.05, 0) is 36.6 Å². The Bertz CT molecular complexity index is 825. The zero-order valence-electron chi connectivity index (χ0n) is 13.6. The summed E-state index contributed by atoms with van der Waals surface area (Å²) in [4.78, 5) is 23.1. The van der Waals surface area contributed by atoms with E-state index in [0.717, 1.165) is 23.2 Å². The second kappa shape index (κ2) is 6.20. The zero-order chi connectivity index (χ0) is 16.4. The summed E-state index contributed by atoms with van der Waals surface area (Å²) in [5.41, 5.74) is 3.40. The number of fused-ring (bicyclic) bond motifs is 1. The summed E-state index contributed by atoms with van der Waals surface area (Å²) in [6.07, 6.45) is 8.13. The first-order valence-electron chi connectivity index (χ1n) is 7.72. The van der Waals surface area contributed by atoms with Crippen LogP contribution < -0.4 is 0 Å². The highest BCUT2D eigenvalue weighted by molar-refractivity contribution is 5.93. The molecule has 0 fully saturated rings. The van der Waals surface area contributed by atoms with Crippen molar-refractivity contribution in [2.45, 2.75) is 26.3 Å². The van der Waals surface area contributed by atoms with E-state index in [1.54, 1.807) is 17.3 Å². The average Bonchev–Trinajstić information content (AvgIpc) is 2.98. The minimum Gasteiger partial charge on any atom is -0.333 e. The van der Waals surface area contributed by atoms with Gasteiger partial charge >= 0.3 is 0 Å².